The van der Waals surface area contributed by atoms with Gasteiger partial charge in [0, 0.05) is 16.7 Å². The van der Waals surface area contributed by atoms with Crippen LogP contribution in [0.1, 0.15) is 0 Å². The van der Waals surface area contributed by atoms with E-state index in [0.29, 0.717) is 5.02 Å². The maximum atomic E-state index is 11.8. The Morgan fingerprint density at radius 2 is 1.71 bits per heavy atom. The van der Waals surface area contributed by atoms with E-state index in [0.717, 1.165) is 21.3 Å². The normalized spacial score (nSPS) is 12.0. The third-order valence-corrected chi connectivity index (χ3v) is 3.95. The molecule has 2 aromatic carbocycles. The molecular formula is C13H8ClNOS. The zero-order valence-electron chi connectivity index (χ0n) is 8.76. The molecule has 17 heavy (non-hydrogen) atoms. The van der Waals surface area contributed by atoms with Crippen molar-refractivity contribution in [3.05, 3.63) is 53.6 Å². The fraction of sp³-hybridized carbons (Fsp3) is 0. The topological polar surface area (TPSA) is 36.0 Å². The van der Waals surface area contributed by atoms with Gasteiger partial charge in [-0.2, -0.15) is 0 Å². The molecule has 84 valence electrons. The lowest BCUT2D eigenvalue weighted by Crippen LogP contribution is -1.77. The number of rotatable bonds is 1. The number of fused-ring (bicyclic) bond motifs is 1. The average molecular weight is 262 g/mol. The van der Waals surface area contributed by atoms with Gasteiger partial charge in [0.25, 0.3) is 0 Å². The van der Waals surface area contributed by atoms with Crippen molar-refractivity contribution in [1.82, 2.24) is 4.37 Å². The smallest absolute Gasteiger partial charge is 0.206 e. The highest BCUT2D eigenvalue weighted by Gasteiger charge is 2.15. The van der Waals surface area contributed by atoms with Crippen molar-refractivity contribution >= 4 is 32.6 Å². The third kappa shape index (κ3) is 1.82. The molecule has 0 saturated heterocycles. The molecule has 1 heterocycles. The van der Waals surface area contributed by atoms with E-state index in [1.54, 1.807) is 0 Å². The van der Waals surface area contributed by atoms with Crippen LogP contribution in [-0.2, 0) is 0 Å². The van der Waals surface area contributed by atoms with Crippen LogP contribution < -0.4 is 0 Å². The highest BCUT2D eigenvalue weighted by molar-refractivity contribution is 7.26. The molecule has 3 aromatic rings. The van der Waals surface area contributed by atoms with Crippen molar-refractivity contribution < 1.29 is 4.55 Å². The molecule has 2 nitrogen and oxygen atoms in total. The number of hydrogen-bond acceptors (Lipinski definition) is 2. The first-order valence-electron chi connectivity index (χ1n) is 5.11. The summed E-state index contributed by atoms with van der Waals surface area (Å²) in [7, 11) is -1.28. The van der Waals surface area contributed by atoms with Crippen LogP contribution in [0.15, 0.2) is 48.5 Å². The third-order valence-electron chi connectivity index (χ3n) is 2.62. The summed E-state index contributed by atoms with van der Waals surface area (Å²) in [4.78, 5) is 0. The lowest BCUT2D eigenvalue weighted by molar-refractivity contribution is 0.593. The maximum absolute atomic E-state index is 11.8. The van der Waals surface area contributed by atoms with Crippen LogP contribution in [0.2, 0.25) is 5.02 Å². The van der Waals surface area contributed by atoms with Crippen LogP contribution in [-0.4, -0.2) is 8.93 Å². The van der Waals surface area contributed by atoms with Gasteiger partial charge in [-0.15, -0.1) is 0 Å². The van der Waals surface area contributed by atoms with E-state index in [2.05, 4.69) is 4.37 Å². The van der Waals surface area contributed by atoms with Crippen molar-refractivity contribution in [1.29, 1.82) is 0 Å². The Hall–Kier alpha value is -1.42. The lowest BCUT2D eigenvalue weighted by Gasteiger charge is -1.95. The summed E-state index contributed by atoms with van der Waals surface area (Å²) in [6, 6.07) is 15.0. The predicted molar refractivity (Wildman–Crippen MR) is 70.8 cm³/mol. The first kappa shape index (κ1) is 10.7. The standard InChI is InChI=1S/C13H8ClNOS/c14-10-7-5-9(6-8-10)13-11-3-1-2-4-12(11)17(16)15-13/h1-8H. The number of nitrogens with zero attached hydrogens (tertiary/aromatic N) is 1. The van der Waals surface area contributed by atoms with Crippen LogP contribution in [0.25, 0.3) is 21.3 Å². The summed E-state index contributed by atoms with van der Waals surface area (Å²) >= 11 is 5.85. The molecule has 0 aliphatic carbocycles. The number of benzene rings is 2. The predicted octanol–water partition coefficient (Wildman–Crippen LogP) is 4.28. The molecule has 0 bridgehead atoms. The van der Waals surface area contributed by atoms with E-state index in [-0.39, 0.29) is 0 Å². The maximum Gasteiger partial charge on any atom is 0.206 e. The van der Waals surface area contributed by atoms with Crippen molar-refractivity contribution in [3.63, 3.8) is 0 Å². The van der Waals surface area contributed by atoms with E-state index in [9.17, 15) is 4.55 Å². The largest absolute Gasteiger partial charge is 0.568 e. The highest BCUT2D eigenvalue weighted by Crippen LogP contribution is 2.35. The minimum atomic E-state index is -1.28. The van der Waals surface area contributed by atoms with E-state index in [4.69, 9.17) is 11.6 Å². The average Bonchev–Trinajstić information content (AvgIpc) is 2.69. The molecule has 0 spiro atoms. The van der Waals surface area contributed by atoms with Gasteiger partial charge in [-0.05, 0) is 22.6 Å². The van der Waals surface area contributed by atoms with Gasteiger partial charge in [-0.1, -0.05) is 35.9 Å². The first-order valence-corrected chi connectivity index (χ1v) is 6.60. The first-order chi connectivity index (χ1) is 8.25. The van der Waals surface area contributed by atoms with Gasteiger partial charge in [0.2, 0.25) is 4.70 Å². The summed E-state index contributed by atoms with van der Waals surface area (Å²) in [5, 5.41) is 1.62. The minimum absolute atomic E-state index is 0.682. The van der Waals surface area contributed by atoms with Crippen LogP contribution >= 0.6 is 22.5 Å². The second kappa shape index (κ2) is 4.11. The van der Waals surface area contributed by atoms with Crippen molar-refractivity contribution in [3.8, 4) is 11.3 Å². The zero-order chi connectivity index (χ0) is 11.8. The second-order valence-corrected chi connectivity index (χ2v) is 5.25. The fourth-order valence-corrected chi connectivity index (χ4v) is 2.95. The Labute approximate surface area is 106 Å². The lowest BCUT2D eigenvalue weighted by atomic mass is 10.1. The van der Waals surface area contributed by atoms with Crippen LogP contribution in [0.3, 0.4) is 0 Å². The summed E-state index contributed by atoms with van der Waals surface area (Å²) in [5.41, 5.74) is 1.71. The van der Waals surface area contributed by atoms with Crippen LogP contribution in [0, 0.1) is 0 Å². The Morgan fingerprint density at radius 3 is 2.47 bits per heavy atom. The van der Waals surface area contributed by atoms with Gasteiger partial charge in [0.05, 0.1) is 16.3 Å². The minimum Gasteiger partial charge on any atom is -0.568 e. The Balaban J connectivity index is 2.27. The summed E-state index contributed by atoms with van der Waals surface area (Å²) in [6.45, 7) is 0. The van der Waals surface area contributed by atoms with Crippen LogP contribution in [0.5, 0.6) is 0 Å². The Morgan fingerprint density at radius 1 is 1.00 bits per heavy atom. The molecule has 0 amide bonds. The number of hydrogen-bond donors (Lipinski definition) is 0. The molecule has 0 N–H and O–H groups in total. The van der Waals surface area contributed by atoms with Crippen LogP contribution in [0.4, 0.5) is 0 Å². The summed E-state index contributed by atoms with van der Waals surface area (Å²) in [5.74, 6) is 0. The fourth-order valence-electron chi connectivity index (χ4n) is 1.81. The number of aromatic nitrogens is 1. The zero-order valence-corrected chi connectivity index (χ0v) is 10.3. The van der Waals surface area contributed by atoms with Gasteiger partial charge in [-0.25, -0.2) is 0 Å². The second-order valence-electron chi connectivity index (χ2n) is 3.69. The van der Waals surface area contributed by atoms with Gasteiger partial charge in [0.1, 0.15) is 5.69 Å². The van der Waals surface area contributed by atoms with Crippen molar-refractivity contribution in [2.24, 2.45) is 0 Å². The molecule has 0 fully saturated rings. The Kier molecular flexibility index (Phi) is 2.59. The molecule has 0 aliphatic rings. The van der Waals surface area contributed by atoms with E-state index in [1.807, 2.05) is 48.5 Å². The molecule has 1 aromatic heterocycles. The molecule has 0 aliphatic heterocycles. The highest BCUT2D eigenvalue weighted by atomic mass is 35.5. The van der Waals surface area contributed by atoms with Crippen molar-refractivity contribution in [2.75, 3.05) is 0 Å². The molecule has 0 saturated carbocycles. The number of halogens is 1. The van der Waals surface area contributed by atoms with Gasteiger partial charge in [0.15, 0.2) is 0 Å². The Bertz CT molecular complexity index is 675. The molecule has 1 atom stereocenters. The van der Waals surface area contributed by atoms with Gasteiger partial charge >= 0.3 is 0 Å². The molecule has 3 rings (SSSR count). The quantitative estimate of drug-likeness (QED) is 0.613. The molecule has 4 heteroatoms. The molecule has 1 unspecified atom stereocenters. The summed E-state index contributed by atoms with van der Waals surface area (Å²) < 4.78 is 16.8. The van der Waals surface area contributed by atoms with E-state index >= 15 is 0 Å². The van der Waals surface area contributed by atoms with E-state index < -0.39 is 10.9 Å². The monoisotopic (exact) mass is 261 g/mol. The molecule has 0 radical (unpaired) electrons. The molecular weight excluding hydrogens is 254 g/mol. The summed E-state index contributed by atoms with van der Waals surface area (Å²) in [6.07, 6.45) is 0. The van der Waals surface area contributed by atoms with Gasteiger partial charge in [-0.3, -0.25) is 0 Å². The van der Waals surface area contributed by atoms with Crippen molar-refractivity contribution in [2.45, 2.75) is 0 Å². The SMILES string of the molecule is [O-][s+]1nc(-c2ccc(Cl)cc2)c2ccccc21. The van der Waals surface area contributed by atoms with E-state index in [1.165, 1.54) is 0 Å². The van der Waals surface area contributed by atoms with Gasteiger partial charge < -0.3 is 4.55 Å².